The van der Waals surface area contributed by atoms with Gasteiger partial charge in [0.15, 0.2) is 5.65 Å². The fraction of sp³-hybridized carbons (Fsp3) is 0.0909. The molecule has 170 valence electrons. The molecule has 5 aromatic rings. The van der Waals surface area contributed by atoms with Gasteiger partial charge >= 0.3 is 6.03 Å². The lowest BCUT2D eigenvalue weighted by molar-refractivity contribution is 0.252. The van der Waals surface area contributed by atoms with Crippen molar-refractivity contribution in [2.75, 3.05) is 17.2 Å². The highest BCUT2D eigenvalue weighted by Crippen LogP contribution is 2.39. The molecule has 0 aliphatic carbocycles. The largest absolute Gasteiger partial charge is 0.338 e. The Morgan fingerprint density at radius 1 is 1.03 bits per heavy atom. The fourth-order valence-corrected chi connectivity index (χ4v) is 4.48. The quantitative estimate of drug-likeness (QED) is 0.269. The average molecular weight is 511 g/mol. The molecule has 0 radical (unpaired) electrons. The number of hydrogen-bond donors (Lipinski definition) is 3. The number of carbonyl (C=O) groups is 1. The van der Waals surface area contributed by atoms with Crippen molar-refractivity contribution in [2.45, 2.75) is 6.92 Å². The summed E-state index contributed by atoms with van der Waals surface area (Å²) >= 11 is 14.0. The van der Waals surface area contributed by atoms with Crippen molar-refractivity contribution in [1.29, 1.82) is 0 Å². The van der Waals surface area contributed by atoms with Gasteiger partial charge in [0.05, 0.1) is 21.8 Å². The lowest BCUT2D eigenvalue weighted by atomic mass is 10.0. The van der Waals surface area contributed by atoms with Crippen LogP contribution in [0.1, 0.15) is 6.92 Å². The van der Waals surface area contributed by atoms with Gasteiger partial charge in [-0.25, -0.2) is 14.8 Å². The SMILES string of the molecule is CCNC(=O)Nc1nc2nc(Nc3ccc4nsnc4c3)ncc2cc1-c1c(Cl)cccc1Cl. The maximum Gasteiger partial charge on any atom is 0.320 e. The minimum atomic E-state index is -0.406. The summed E-state index contributed by atoms with van der Waals surface area (Å²) in [5.74, 6) is 0.614. The molecule has 3 N–H and O–H groups in total. The Hall–Kier alpha value is -3.60. The first-order valence-corrected chi connectivity index (χ1v) is 11.7. The molecule has 34 heavy (non-hydrogen) atoms. The van der Waals surface area contributed by atoms with Gasteiger partial charge in [-0.3, -0.25) is 5.32 Å². The van der Waals surface area contributed by atoms with Crippen LogP contribution in [0.15, 0.2) is 48.7 Å². The number of fused-ring (bicyclic) bond motifs is 2. The van der Waals surface area contributed by atoms with Gasteiger partial charge in [0, 0.05) is 34.9 Å². The Balaban J connectivity index is 1.58. The Morgan fingerprint density at radius 2 is 1.82 bits per heavy atom. The molecular weight excluding hydrogens is 495 g/mol. The van der Waals surface area contributed by atoms with Crippen molar-refractivity contribution in [2.24, 2.45) is 0 Å². The minimum Gasteiger partial charge on any atom is -0.338 e. The first-order valence-electron chi connectivity index (χ1n) is 10.2. The predicted molar refractivity (Wildman–Crippen MR) is 136 cm³/mol. The van der Waals surface area contributed by atoms with Crippen molar-refractivity contribution in [3.63, 3.8) is 0 Å². The monoisotopic (exact) mass is 510 g/mol. The van der Waals surface area contributed by atoms with E-state index in [1.165, 1.54) is 0 Å². The molecule has 0 spiro atoms. The van der Waals surface area contributed by atoms with Crippen molar-refractivity contribution < 1.29 is 4.79 Å². The van der Waals surface area contributed by atoms with Gasteiger partial charge in [-0.1, -0.05) is 29.3 Å². The van der Waals surface area contributed by atoms with Gasteiger partial charge in [-0.05, 0) is 43.3 Å². The summed E-state index contributed by atoms with van der Waals surface area (Å²) in [5, 5.41) is 10.1. The number of carbonyl (C=O) groups excluding carboxylic acids is 1. The second kappa shape index (κ2) is 9.34. The van der Waals surface area contributed by atoms with E-state index in [2.05, 4.69) is 39.6 Å². The zero-order chi connectivity index (χ0) is 23.7. The molecule has 0 aliphatic rings. The molecule has 5 rings (SSSR count). The summed E-state index contributed by atoms with van der Waals surface area (Å²) in [5.41, 5.74) is 3.86. The van der Waals surface area contributed by atoms with Crippen LogP contribution >= 0.6 is 34.9 Å². The smallest absolute Gasteiger partial charge is 0.320 e. The number of benzene rings is 2. The molecule has 0 aliphatic heterocycles. The van der Waals surface area contributed by atoms with Gasteiger partial charge in [-0.15, -0.1) is 0 Å². The normalized spacial score (nSPS) is 11.0. The highest BCUT2D eigenvalue weighted by atomic mass is 35.5. The van der Waals surface area contributed by atoms with Crippen molar-refractivity contribution in [1.82, 2.24) is 29.0 Å². The summed E-state index contributed by atoms with van der Waals surface area (Å²) in [6, 6.07) is 12.2. The topological polar surface area (TPSA) is 118 Å². The maximum atomic E-state index is 12.3. The maximum absolute atomic E-state index is 12.3. The molecule has 3 aromatic heterocycles. The standard InChI is InChI=1S/C22H16Cl2N8OS/c1-2-25-22(33)30-20-13(18-14(23)4-3-5-15(18)24)8-11-10-26-21(29-19(11)28-20)27-12-6-7-16-17(9-12)32-34-31-16/h3-10H,2H2,1H3,(H3,25,26,27,28,29,30,33). The molecule has 2 aromatic carbocycles. The molecule has 3 heterocycles. The minimum absolute atomic E-state index is 0.271. The van der Waals surface area contributed by atoms with E-state index in [9.17, 15) is 4.79 Å². The molecule has 2 amide bonds. The summed E-state index contributed by atoms with van der Waals surface area (Å²) in [7, 11) is 0. The Labute approximate surface area is 207 Å². The average Bonchev–Trinajstić information content (AvgIpc) is 3.27. The number of nitrogens with zero attached hydrogens (tertiary/aromatic N) is 5. The van der Waals surface area contributed by atoms with E-state index >= 15 is 0 Å². The molecule has 0 saturated heterocycles. The molecule has 12 heteroatoms. The first kappa shape index (κ1) is 22.2. The molecule has 0 saturated carbocycles. The number of halogens is 2. The summed E-state index contributed by atoms with van der Waals surface area (Å²) < 4.78 is 8.45. The van der Waals surface area contributed by atoms with E-state index in [1.807, 2.05) is 25.1 Å². The highest BCUT2D eigenvalue weighted by molar-refractivity contribution is 7.00. The Bertz CT molecular complexity index is 1520. The highest BCUT2D eigenvalue weighted by Gasteiger charge is 2.18. The molecule has 0 atom stereocenters. The summed E-state index contributed by atoms with van der Waals surface area (Å²) in [4.78, 5) is 25.8. The fourth-order valence-electron chi connectivity index (χ4n) is 3.37. The van der Waals surface area contributed by atoms with Crippen LogP contribution in [0.4, 0.5) is 22.2 Å². The zero-order valence-corrected chi connectivity index (χ0v) is 20.0. The molecule has 0 bridgehead atoms. The first-order chi connectivity index (χ1) is 16.5. The number of rotatable bonds is 5. The van der Waals surface area contributed by atoms with Crippen LogP contribution in [0.5, 0.6) is 0 Å². The number of amides is 2. The summed E-state index contributed by atoms with van der Waals surface area (Å²) in [6.45, 7) is 2.28. The van der Waals surface area contributed by atoms with Crippen LogP contribution in [-0.4, -0.2) is 36.3 Å². The van der Waals surface area contributed by atoms with E-state index in [0.29, 0.717) is 44.7 Å². The molecular formula is C22H16Cl2N8OS. The second-order valence-electron chi connectivity index (χ2n) is 7.16. The lowest BCUT2D eigenvalue weighted by Crippen LogP contribution is -2.28. The van der Waals surface area contributed by atoms with E-state index in [-0.39, 0.29) is 5.82 Å². The van der Waals surface area contributed by atoms with Crippen LogP contribution in [-0.2, 0) is 0 Å². The van der Waals surface area contributed by atoms with Crippen LogP contribution in [0, 0.1) is 0 Å². The third-order valence-corrected chi connectivity index (χ3v) is 6.07. The van der Waals surface area contributed by atoms with Gasteiger partial charge in [0.2, 0.25) is 5.95 Å². The zero-order valence-electron chi connectivity index (χ0n) is 17.6. The van der Waals surface area contributed by atoms with Crippen molar-refractivity contribution in [3.8, 4) is 11.1 Å². The van der Waals surface area contributed by atoms with Crippen molar-refractivity contribution in [3.05, 3.63) is 58.7 Å². The molecule has 9 nitrogen and oxygen atoms in total. The second-order valence-corrected chi connectivity index (χ2v) is 8.51. The van der Waals surface area contributed by atoms with Crippen molar-refractivity contribution >= 4 is 80.5 Å². The molecule has 0 unspecified atom stereocenters. The van der Waals surface area contributed by atoms with Crippen LogP contribution in [0.3, 0.4) is 0 Å². The van der Waals surface area contributed by atoms with E-state index < -0.39 is 6.03 Å². The Kier molecular flexibility index (Phi) is 6.10. The van der Waals surface area contributed by atoms with Gasteiger partial charge < -0.3 is 10.6 Å². The van der Waals surface area contributed by atoms with E-state index in [4.69, 9.17) is 23.2 Å². The van der Waals surface area contributed by atoms with Crippen LogP contribution in [0.2, 0.25) is 10.0 Å². The molecule has 0 fully saturated rings. The number of hydrogen-bond acceptors (Lipinski definition) is 8. The third-order valence-electron chi connectivity index (χ3n) is 4.88. The number of pyridine rings is 1. The number of aromatic nitrogens is 5. The Morgan fingerprint density at radius 3 is 2.62 bits per heavy atom. The van der Waals surface area contributed by atoms with Gasteiger partial charge in [0.25, 0.3) is 0 Å². The predicted octanol–water partition coefficient (Wildman–Crippen LogP) is 5.89. The lowest BCUT2D eigenvalue weighted by Gasteiger charge is -2.14. The third kappa shape index (κ3) is 4.43. The number of urea groups is 1. The number of anilines is 3. The van der Waals surface area contributed by atoms with Crippen LogP contribution in [0.25, 0.3) is 33.2 Å². The van der Waals surface area contributed by atoms with E-state index in [1.54, 1.807) is 30.5 Å². The number of nitrogens with one attached hydrogen (secondary N) is 3. The van der Waals surface area contributed by atoms with Gasteiger partial charge in [0.1, 0.15) is 16.9 Å². The van der Waals surface area contributed by atoms with Gasteiger partial charge in [-0.2, -0.15) is 13.7 Å². The van der Waals surface area contributed by atoms with Crippen LogP contribution < -0.4 is 16.0 Å². The van der Waals surface area contributed by atoms with E-state index in [0.717, 1.165) is 28.4 Å². The summed E-state index contributed by atoms with van der Waals surface area (Å²) in [6.07, 6.45) is 1.64.